The zero-order chi connectivity index (χ0) is 23.8. The Morgan fingerprint density at radius 1 is 1.15 bits per heavy atom. The Kier molecular flexibility index (Phi) is 6.27. The third-order valence-corrected chi connectivity index (χ3v) is 8.47. The normalized spacial score (nSPS) is 15.2. The maximum Gasteiger partial charge on any atom is 0.348 e. The largest absolute Gasteiger partial charge is 0.462 e. The van der Waals surface area contributed by atoms with Crippen LogP contribution in [0.3, 0.4) is 0 Å². The second-order valence-corrected chi connectivity index (χ2v) is 10.7. The van der Waals surface area contributed by atoms with E-state index in [0.717, 1.165) is 16.9 Å². The first-order valence-corrected chi connectivity index (χ1v) is 12.8. The molecule has 1 aromatic heterocycles. The molecule has 0 bridgehead atoms. The Labute approximate surface area is 197 Å². The fourth-order valence-electron chi connectivity index (χ4n) is 3.94. The number of hydrogen-bond acceptors (Lipinski definition) is 6. The number of fused-ring (bicyclic) bond motifs is 1. The molecule has 33 heavy (non-hydrogen) atoms. The van der Waals surface area contributed by atoms with Crippen LogP contribution in [0.4, 0.5) is 10.7 Å². The lowest BCUT2D eigenvalue weighted by atomic mass is 10.1. The van der Waals surface area contributed by atoms with Crippen molar-refractivity contribution in [3.05, 3.63) is 76.2 Å². The van der Waals surface area contributed by atoms with Crippen LogP contribution in [0.1, 0.15) is 45.0 Å². The van der Waals surface area contributed by atoms with Gasteiger partial charge >= 0.3 is 5.97 Å². The number of rotatable bonds is 6. The quantitative estimate of drug-likeness (QED) is 0.515. The van der Waals surface area contributed by atoms with Gasteiger partial charge in [0, 0.05) is 11.6 Å². The zero-order valence-electron chi connectivity index (χ0n) is 18.5. The topological polar surface area (TPSA) is 92.8 Å². The minimum Gasteiger partial charge on any atom is -0.462 e. The van der Waals surface area contributed by atoms with Crippen molar-refractivity contribution in [2.24, 2.45) is 0 Å². The molecule has 0 fully saturated rings. The van der Waals surface area contributed by atoms with E-state index in [1.165, 1.54) is 16.4 Å². The molecule has 0 radical (unpaired) electrons. The number of anilines is 2. The van der Waals surface area contributed by atoms with Gasteiger partial charge in [-0.05, 0) is 68.7 Å². The number of ether oxygens (including phenoxy) is 1. The number of nitrogens with one attached hydrogen (secondary N) is 1. The average Bonchev–Trinajstić information content (AvgIpc) is 3.32. The Bertz CT molecular complexity index is 1330. The van der Waals surface area contributed by atoms with Gasteiger partial charge in [0.1, 0.15) is 4.88 Å². The van der Waals surface area contributed by atoms with Crippen molar-refractivity contribution in [1.82, 2.24) is 0 Å². The predicted molar refractivity (Wildman–Crippen MR) is 129 cm³/mol. The van der Waals surface area contributed by atoms with Crippen LogP contribution in [0.25, 0.3) is 0 Å². The first-order chi connectivity index (χ1) is 15.7. The molecule has 4 rings (SSSR count). The van der Waals surface area contributed by atoms with Crippen LogP contribution in [0.5, 0.6) is 0 Å². The molecular weight excluding hydrogens is 460 g/mol. The summed E-state index contributed by atoms with van der Waals surface area (Å²) in [4.78, 5) is 25.4. The second kappa shape index (κ2) is 8.99. The summed E-state index contributed by atoms with van der Waals surface area (Å²) >= 11 is 1.12. The van der Waals surface area contributed by atoms with Crippen LogP contribution in [0.15, 0.2) is 59.5 Å². The monoisotopic (exact) mass is 484 g/mol. The molecule has 0 aliphatic carbocycles. The standard InChI is InChI=1S/C24H24N2O5S2/c1-4-31-24(28)22-15(2)12-21(32-22)25-23(27)18-9-7-10-19(14-18)33(29,30)26-16(3)13-17-8-5-6-11-20(17)26/h5-12,14,16H,4,13H2,1-3H3,(H,25,27)/t16-/m0/s1. The molecule has 0 spiro atoms. The lowest BCUT2D eigenvalue weighted by Crippen LogP contribution is -2.35. The number of thiophene rings is 1. The van der Waals surface area contributed by atoms with E-state index < -0.39 is 21.9 Å². The molecule has 1 atom stereocenters. The Morgan fingerprint density at radius 3 is 2.67 bits per heavy atom. The van der Waals surface area contributed by atoms with Crippen molar-refractivity contribution < 1.29 is 22.7 Å². The van der Waals surface area contributed by atoms with E-state index >= 15 is 0 Å². The fraction of sp³-hybridized carbons (Fsp3) is 0.250. The number of carbonyl (C=O) groups is 2. The fourth-order valence-corrected chi connectivity index (χ4v) is 6.64. The molecule has 0 unspecified atom stereocenters. The van der Waals surface area contributed by atoms with E-state index in [1.807, 2.05) is 25.1 Å². The molecule has 3 aromatic rings. The van der Waals surface area contributed by atoms with Gasteiger partial charge in [0.25, 0.3) is 15.9 Å². The summed E-state index contributed by atoms with van der Waals surface area (Å²) in [5.74, 6) is -0.896. The summed E-state index contributed by atoms with van der Waals surface area (Å²) in [6.45, 7) is 5.63. The van der Waals surface area contributed by atoms with Gasteiger partial charge in [-0.3, -0.25) is 9.10 Å². The van der Waals surface area contributed by atoms with Gasteiger partial charge in [0.2, 0.25) is 0 Å². The molecule has 172 valence electrons. The smallest absolute Gasteiger partial charge is 0.348 e. The van der Waals surface area contributed by atoms with E-state index in [2.05, 4.69) is 5.32 Å². The highest BCUT2D eigenvalue weighted by Gasteiger charge is 2.36. The number of esters is 1. The predicted octanol–water partition coefficient (Wildman–Crippen LogP) is 4.63. The number of benzene rings is 2. The third kappa shape index (κ3) is 4.38. The van der Waals surface area contributed by atoms with Crippen molar-refractivity contribution in [1.29, 1.82) is 0 Å². The first kappa shape index (κ1) is 23.0. The van der Waals surface area contributed by atoms with Crippen LogP contribution >= 0.6 is 11.3 Å². The summed E-state index contributed by atoms with van der Waals surface area (Å²) in [6, 6.07) is 14.9. The molecule has 1 aliphatic heterocycles. The lowest BCUT2D eigenvalue weighted by molar-refractivity contribution is 0.0531. The van der Waals surface area contributed by atoms with Gasteiger partial charge in [0.15, 0.2) is 0 Å². The molecule has 2 aromatic carbocycles. The van der Waals surface area contributed by atoms with Crippen molar-refractivity contribution in [3.63, 3.8) is 0 Å². The molecule has 1 aliphatic rings. The van der Waals surface area contributed by atoms with Crippen molar-refractivity contribution in [2.45, 2.75) is 38.1 Å². The van der Waals surface area contributed by atoms with Crippen LogP contribution in [-0.4, -0.2) is 32.9 Å². The molecule has 2 heterocycles. The zero-order valence-corrected chi connectivity index (χ0v) is 20.1. The highest BCUT2D eigenvalue weighted by molar-refractivity contribution is 7.92. The lowest BCUT2D eigenvalue weighted by Gasteiger charge is -2.24. The summed E-state index contributed by atoms with van der Waals surface area (Å²) in [5.41, 5.74) is 2.56. The molecule has 1 N–H and O–H groups in total. The Morgan fingerprint density at radius 2 is 1.91 bits per heavy atom. The molecule has 7 nitrogen and oxygen atoms in total. The second-order valence-electron chi connectivity index (χ2n) is 7.81. The summed E-state index contributed by atoms with van der Waals surface area (Å²) in [7, 11) is -3.86. The van der Waals surface area contributed by atoms with E-state index in [0.29, 0.717) is 27.5 Å². The molecule has 9 heteroatoms. The van der Waals surface area contributed by atoms with E-state index in [4.69, 9.17) is 4.74 Å². The summed E-state index contributed by atoms with van der Waals surface area (Å²) in [6.07, 6.45) is 0.635. The Balaban J connectivity index is 1.59. The van der Waals surface area contributed by atoms with Crippen LogP contribution in [-0.2, 0) is 21.2 Å². The van der Waals surface area contributed by atoms with Gasteiger partial charge in [-0.25, -0.2) is 13.2 Å². The van der Waals surface area contributed by atoms with Gasteiger partial charge in [0.05, 0.1) is 22.2 Å². The highest BCUT2D eigenvalue weighted by Crippen LogP contribution is 2.36. The van der Waals surface area contributed by atoms with E-state index in [9.17, 15) is 18.0 Å². The van der Waals surface area contributed by atoms with Crippen LogP contribution in [0.2, 0.25) is 0 Å². The van der Waals surface area contributed by atoms with E-state index in [-0.39, 0.29) is 23.1 Å². The van der Waals surface area contributed by atoms with Gasteiger partial charge < -0.3 is 10.1 Å². The summed E-state index contributed by atoms with van der Waals surface area (Å²) in [5, 5.41) is 3.23. The van der Waals surface area contributed by atoms with Gasteiger partial charge in [-0.1, -0.05) is 24.3 Å². The SMILES string of the molecule is CCOC(=O)c1sc(NC(=O)c2cccc(S(=O)(=O)N3c4ccccc4C[C@@H]3C)c2)cc1C. The summed E-state index contributed by atoms with van der Waals surface area (Å²) < 4.78 is 33.4. The molecule has 1 amide bonds. The highest BCUT2D eigenvalue weighted by atomic mass is 32.2. The minimum atomic E-state index is -3.86. The molecule has 0 saturated carbocycles. The number of amides is 1. The maximum atomic E-state index is 13.5. The van der Waals surface area contributed by atoms with Crippen molar-refractivity contribution in [3.8, 4) is 0 Å². The maximum absolute atomic E-state index is 13.5. The molecular formula is C24H24N2O5S2. The number of aryl methyl sites for hydroxylation is 1. The number of hydrogen-bond donors (Lipinski definition) is 1. The third-order valence-electron chi connectivity index (χ3n) is 5.41. The van der Waals surface area contributed by atoms with Crippen molar-refractivity contribution in [2.75, 3.05) is 16.2 Å². The van der Waals surface area contributed by atoms with Gasteiger partial charge in [-0.2, -0.15) is 0 Å². The van der Waals surface area contributed by atoms with E-state index in [1.54, 1.807) is 38.1 Å². The number of para-hydroxylation sites is 1. The van der Waals surface area contributed by atoms with Gasteiger partial charge in [-0.15, -0.1) is 11.3 Å². The first-order valence-electron chi connectivity index (χ1n) is 10.5. The number of nitrogens with zero attached hydrogens (tertiary/aromatic N) is 1. The average molecular weight is 485 g/mol. The Hall–Kier alpha value is -3.17. The van der Waals surface area contributed by atoms with Crippen LogP contribution < -0.4 is 9.62 Å². The number of sulfonamides is 1. The number of carbonyl (C=O) groups excluding carboxylic acids is 2. The molecule has 0 saturated heterocycles. The van der Waals surface area contributed by atoms with Crippen molar-refractivity contribution >= 4 is 43.9 Å². The van der Waals surface area contributed by atoms with Crippen LogP contribution in [0, 0.1) is 6.92 Å². The minimum absolute atomic E-state index is 0.0493.